The summed E-state index contributed by atoms with van der Waals surface area (Å²) >= 11 is 1.72. The highest BCUT2D eigenvalue weighted by Crippen LogP contribution is 2.36. The molecule has 1 saturated carbocycles. The number of aliphatic hydroxyl groups excluding tert-OH is 1. The highest BCUT2D eigenvalue weighted by molar-refractivity contribution is 7.10. The van der Waals surface area contributed by atoms with Crippen LogP contribution in [0.3, 0.4) is 0 Å². The average Bonchev–Trinajstić information content (AvgIpc) is 2.63. The Morgan fingerprint density at radius 2 is 2.15 bits per heavy atom. The molecule has 2 nitrogen and oxygen atoms in total. The number of thiophene rings is 1. The van der Waals surface area contributed by atoms with E-state index in [1.54, 1.807) is 11.3 Å². The van der Waals surface area contributed by atoms with E-state index in [0.29, 0.717) is 0 Å². The monoisotopic (exact) mass is 197 g/mol. The molecule has 0 saturated heterocycles. The zero-order valence-corrected chi connectivity index (χ0v) is 8.39. The van der Waals surface area contributed by atoms with Gasteiger partial charge >= 0.3 is 0 Å². The molecule has 1 fully saturated rings. The maximum atomic E-state index is 9.39. The van der Waals surface area contributed by atoms with E-state index in [0.717, 1.165) is 25.7 Å². The largest absolute Gasteiger partial charge is 0.393 e. The van der Waals surface area contributed by atoms with Crippen LogP contribution in [0.4, 0.5) is 0 Å². The van der Waals surface area contributed by atoms with E-state index in [1.165, 1.54) is 4.88 Å². The molecule has 1 heterocycles. The number of hydrogen-bond donors (Lipinski definition) is 2. The highest BCUT2D eigenvalue weighted by Gasteiger charge is 2.33. The Balaban J connectivity index is 2.13. The summed E-state index contributed by atoms with van der Waals surface area (Å²) in [6, 6.07) is 4.14. The molecular formula is C10H15NOS. The molecule has 1 aromatic rings. The second-order valence-electron chi connectivity index (χ2n) is 3.86. The summed E-state index contributed by atoms with van der Waals surface area (Å²) in [5, 5.41) is 11.5. The molecule has 1 aliphatic rings. The first-order valence-electron chi connectivity index (χ1n) is 4.72. The molecule has 0 radical (unpaired) electrons. The maximum absolute atomic E-state index is 9.39. The van der Waals surface area contributed by atoms with Crippen LogP contribution in [0.15, 0.2) is 17.5 Å². The first-order chi connectivity index (χ1) is 6.21. The van der Waals surface area contributed by atoms with Gasteiger partial charge in [0, 0.05) is 4.88 Å². The van der Waals surface area contributed by atoms with Crippen molar-refractivity contribution in [2.75, 3.05) is 0 Å². The summed E-state index contributed by atoms with van der Waals surface area (Å²) in [6.45, 7) is 0. The van der Waals surface area contributed by atoms with Crippen molar-refractivity contribution in [2.45, 2.75) is 37.3 Å². The summed E-state index contributed by atoms with van der Waals surface area (Å²) in [7, 11) is 0. The van der Waals surface area contributed by atoms with Gasteiger partial charge < -0.3 is 10.8 Å². The van der Waals surface area contributed by atoms with Crippen molar-refractivity contribution < 1.29 is 5.11 Å². The highest BCUT2D eigenvalue weighted by atomic mass is 32.1. The van der Waals surface area contributed by atoms with Gasteiger partial charge in [-0.2, -0.15) is 0 Å². The zero-order valence-electron chi connectivity index (χ0n) is 7.57. The summed E-state index contributed by atoms with van der Waals surface area (Å²) in [5.74, 6) is 0. The molecular weight excluding hydrogens is 182 g/mol. The fourth-order valence-electron chi connectivity index (χ4n) is 1.93. The molecule has 0 unspecified atom stereocenters. The molecule has 72 valence electrons. The minimum Gasteiger partial charge on any atom is -0.393 e. The topological polar surface area (TPSA) is 46.2 Å². The van der Waals surface area contributed by atoms with Gasteiger partial charge in [0.1, 0.15) is 0 Å². The zero-order chi connectivity index (χ0) is 9.31. The number of aliphatic hydroxyl groups is 1. The van der Waals surface area contributed by atoms with Crippen molar-refractivity contribution in [3.63, 3.8) is 0 Å². The lowest BCUT2D eigenvalue weighted by Gasteiger charge is -2.34. The van der Waals surface area contributed by atoms with E-state index in [1.807, 2.05) is 6.07 Å². The third-order valence-corrected chi connectivity index (χ3v) is 3.95. The van der Waals surface area contributed by atoms with Gasteiger partial charge in [-0.05, 0) is 37.1 Å². The van der Waals surface area contributed by atoms with E-state index >= 15 is 0 Å². The smallest absolute Gasteiger partial charge is 0.0541 e. The van der Waals surface area contributed by atoms with Gasteiger partial charge in [-0.3, -0.25) is 0 Å². The summed E-state index contributed by atoms with van der Waals surface area (Å²) in [4.78, 5) is 1.26. The van der Waals surface area contributed by atoms with Crippen LogP contribution in [0.2, 0.25) is 0 Å². The molecule has 0 bridgehead atoms. The third kappa shape index (κ3) is 1.77. The lowest BCUT2D eigenvalue weighted by molar-refractivity contribution is 0.0979. The minimum atomic E-state index is -0.159. The first-order valence-corrected chi connectivity index (χ1v) is 5.60. The van der Waals surface area contributed by atoms with Gasteiger partial charge in [-0.15, -0.1) is 11.3 Å². The van der Waals surface area contributed by atoms with Gasteiger partial charge in [-0.1, -0.05) is 6.07 Å². The number of hydrogen-bond acceptors (Lipinski definition) is 3. The first kappa shape index (κ1) is 9.19. The van der Waals surface area contributed by atoms with E-state index in [2.05, 4.69) is 11.4 Å². The molecule has 1 aromatic heterocycles. The Kier molecular flexibility index (Phi) is 2.41. The molecule has 0 amide bonds. The lowest BCUT2D eigenvalue weighted by Crippen LogP contribution is -2.40. The Morgan fingerprint density at radius 3 is 2.69 bits per heavy atom. The quantitative estimate of drug-likeness (QED) is 0.721. The molecule has 0 atom stereocenters. The van der Waals surface area contributed by atoms with Gasteiger partial charge in [0.2, 0.25) is 0 Å². The second kappa shape index (κ2) is 3.40. The van der Waals surface area contributed by atoms with Crippen LogP contribution in [0.5, 0.6) is 0 Å². The fourth-order valence-corrected chi connectivity index (χ4v) is 2.83. The Bertz CT molecular complexity index is 262. The number of rotatable bonds is 1. The van der Waals surface area contributed by atoms with Crippen molar-refractivity contribution in [3.8, 4) is 0 Å². The van der Waals surface area contributed by atoms with Gasteiger partial charge in [0.05, 0.1) is 11.6 Å². The Hall–Kier alpha value is -0.380. The van der Waals surface area contributed by atoms with Crippen molar-refractivity contribution in [1.29, 1.82) is 0 Å². The molecule has 2 rings (SSSR count). The molecule has 3 heteroatoms. The maximum Gasteiger partial charge on any atom is 0.0541 e. The van der Waals surface area contributed by atoms with Gasteiger partial charge in [-0.25, -0.2) is 0 Å². The predicted molar refractivity (Wildman–Crippen MR) is 54.7 cm³/mol. The van der Waals surface area contributed by atoms with Gasteiger partial charge in [0.25, 0.3) is 0 Å². The second-order valence-corrected chi connectivity index (χ2v) is 4.81. The minimum absolute atomic E-state index is 0.128. The van der Waals surface area contributed by atoms with Crippen molar-refractivity contribution in [1.82, 2.24) is 0 Å². The predicted octanol–water partition coefficient (Wildman–Crippen LogP) is 1.84. The third-order valence-electron chi connectivity index (χ3n) is 2.86. The van der Waals surface area contributed by atoms with Crippen LogP contribution < -0.4 is 5.73 Å². The van der Waals surface area contributed by atoms with Crippen LogP contribution in [-0.4, -0.2) is 11.2 Å². The fraction of sp³-hybridized carbons (Fsp3) is 0.600. The molecule has 3 N–H and O–H groups in total. The van der Waals surface area contributed by atoms with Crippen LogP contribution >= 0.6 is 11.3 Å². The van der Waals surface area contributed by atoms with Gasteiger partial charge in [0.15, 0.2) is 0 Å². The lowest BCUT2D eigenvalue weighted by atomic mass is 9.80. The normalized spacial score (nSPS) is 34.8. The van der Waals surface area contributed by atoms with E-state index in [-0.39, 0.29) is 11.6 Å². The van der Waals surface area contributed by atoms with Crippen LogP contribution in [0.25, 0.3) is 0 Å². The molecule has 0 aromatic carbocycles. The molecule has 0 aliphatic heterocycles. The Morgan fingerprint density at radius 1 is 1.46 bits per heavy atom. The molecule has 1 aliphatic carbocycles. The van der Waals surface area contributed by atoms with E-state index < -0.39 is 0 Å². The van der Waals surface area contributed by atoms with Crippen molar-refractivity contribution in [3.05, 3.63) is 22.4 Å². The van der Waals surface area contributed by atoms with Crippen LogP contribution in [0.1, 0.15) is 30.6 Å². The standard InChI is InChI=1S/C10H15NOS/c11-10(9-2-1-7-13-9)5-3-8(12)4-6-10/h1-2,7-8,12H,3-6,11H2. The molecule has 0 spiro atoms. The van der Waals surface area contributed by atoms with Crippen molar-refractivity contribution in [2.24, 2.45) is 5.73 Å². The van der Waals surface area contributed by atoms with E-state index in [4.69, 9.17) is 5.73 Å². The summed E-state index contributed by atoms with van der Waals surface area (Å²) in [5.41, 5.74) is 6.13. The number of nitrogens with two attached hydrogens (primary N) is 1. The Labute approximate surface area is 82.4 Å². The molecule has 13 heavy (non-hydrogen) atoms. The summed E-state index contributed by atoms with van der Waals surface area (Å²) < 4.78 is 0. The van der Waals surface area contributed by atoms with Crippen LogP contribution in [0, 0.1) is 0 Å². The van der Waals surface area contributed by atoms with E-state index in [9.17, 15) is 5.11 Å². The average molecular weight is 197 g/mol. The van der Waals surface area contributed by atoms with Crippen LogP contribution in [-0.2, 0) is 5.54 Å². The summed E-state index contributed by atoms with van der Waals surface area (Å²) in [6.07, 6.45) is 3.38. The van der Waals surface area contributed by atoms with Crippen molar-refractivity contribution >= 4 is 11.3 Å². The SMILES string of the molecule is NC1(c2cccs2)CCC(O)CC1.